The molecule has 1 rings (SSSR count). The molecule has 1 aromatic rings. The van der Waals surface area contributed by atoms with Gasteiger partial charge in [-0.3, -0.25) is 0 Å². The molecule has 0 unspecified atom stereocenters. The van der Waals surface area contributed by atoms with Crippen molar-refractivity contribution in [2.45, 2.75) is 59.4 Å². The van der Waals surface area contributed by atoms with Gasteiger partial charge in [0, 0.05) is 6.42 Å². The Morgan fingerprint density at radius 1 is 1.20 bits per heavy atom. The van der Waals surface area contributed by atoms with E-state index in [9.17, 15) is 0 Å². The molecule has 0 bridgehead atoms. The van der Waals surface area contributed by atoms with E-state index in [1.807, 2.05) is 0 Å². The predicted octanol–water partition coefficient (Wildman–Crippen LogP) is 2.45. The second kappa shape index (κ2) is 6.53. The van der Waals surface area contributed by atoms with Crippen LogP contribution in [0.4, 0.5) is 0 Å². The fourth-order valence-corrected chi connectivity index (χ4v) is 1.50. The van der Waals surface area contributed by atoms with E-state index in [1.165, 1.54) is 19.3 Å². The van der Waals surface area contributed by atoms with Gasteiger partial charge in [-0.1, -0.05) is 40.0 Å². The molecular formula is C11H22N4. The van der Waals surface area contributed by atoms with E-state index in [0.29, 0.717) is 5.92 Å². The zero-order valence-electron chi connectivity index (χ0n) is 10.1. The van der Waals surface area contributed by atoms with Crippen LogP contribution in [0.25, 0.3) is 0 Å². The van der Waals surface area contributed by atoms with Gasteiger partial charge < -0.3 is 0 Å². The first-order valence-corrected chi connectivity index (χ1v) is 5.99. The quantitative estimate of drug-likeness (QED) is 0.649. The zero-order chi connectivity index (χ0) is 11.1. The average Bonchev–Trinajstić information content (AvgIpc) is 2.59. The van der Waals surface area contributed by atoms with Gasteiger partial charge in [0.2, 0.25) is 0 Å². The normalized spacial score (nSPS) is 11.2. The molecule has 86 valence electrons. The van der Waals surface area contributed by atoms with Gasteiger partial charge in [0.1, 0.15) is 0 Å². The van der Waals surface area contributed by atoms with Gasteiger partial charge in [-0.15, -0.1) is 10.2 Å². The van der Waals surface area contributed by atoms with E-state index in [1.54, 1.807) is 4.80 Å². The highest BCUT2D eigenvalue weighted by Gasteiger charge is 2.04. The topological polar surface area (TPSA) is 43.6 Å². The molecule has 0 aliphatic heterocycles. The Kier molecular flexibility index (Phi) is 5.29. The summed E-state index contributed by atoms with van der Waals surface area (Å²) < 4.78 is 0. The molecule has 0 saturated carbocycles. The van der Waals surface area contributed by atoms with Crippen LogP contribution in [-0.4, -0.2) is 20.2 Å². The van der Waals surface area contributed by atoms with Crippen molar-refractivity contribution in [1.29, 1.82) is 0 Å². The van der Waals surface area contributed by atoms with Crippen LogP contribution in [0.3, 0.4) is 0 Å². The second-order valence-corrected chi connectivity index (χ2v) is 4.46. The summed E-state index contributed by atoms with van der Waals surface area (Å²) in [6, 6.07) is 0. The van der Waals surface area contributed by atoms with Crippen LogP contribution < -0.4 is 0 Å². The van der Waals surface area contributed by atoms with Crippen LogP contribution in [0, 0.1) is 5.92 Å². The van der Waals surface area contributed by atoms with Crippen molar-refractivity contribution in [3.63, 3.8) is 0 Å². The molecule has 0 N–H and O–H groups in total. The largest absolute Gasteiger partial charge is 0.175 e. The highest BCUT2D eigenvalue weighted by molar-refractivity contribution is 4.78. The van der Waals surface area contributed by atoms with Crippen LogP contribution in [0.2, 0.25) is 0 Å². The maximum Gasteiger partial charge on any atom is 0.175 e. The Balaban J connectivity index is 2.26. The minimum absolute atomic E-state index is 0.600. The van der Waals surface area contributed by atoms with E-state index in [0.717, 1.165) is 25.2 Å². The Labute approximate surface area is 92.1 Å². The maximum atomic E-state index is 4.34. The van der Waals surface area contributed by atoms with Crippen molar-refractivity contribution in [2.75, 3.05) is 0 Å². The minimum Gasteiger partial charge on any atom is -0.164 e. The molecule has 4 nitrogen and oxygen atoms in total. The molecule has 4 heteroatoms. The fourth-order valence-electron chi connectivity index (χ4n) is 1.50. The second-order valence-electron chi connectivity index (χ2n) is 4.46. The summed E-state index contributed by atoms with van der Waals surface area (Å²) in [5, 5.41) is 12.4. The molecule has 0 atom stereocenters. The van der Waals surface area contributed by atoms with Gasteiger partial charge in [-0.05, 0) is 17.6 Å². The van der Waals surface area contributed by atoms with Gasteiger partial charge in [-0.25, -0.2) is 0 Å². The van der Waals surface area contributed by atoms with Gasteiger partial charge in [0.25, 0.3) is 0 Å². The van der Waals surface area contributed by atoms with Crippen LogP contribution in [0.1, 0.15) is 52.3 Å². The number of aryl methyl sites for hydroxylation is 1. The molecule has 0 amide bonds. The zero-order valence-corrected chi connectivity index (χ0v) is 10.1. The Hall–Kier alpha value is -0.930. The summed E-state index contributed by atoms with van der Waals surface area (Å²) in [6.45, 7) is 7.46. The van der Waals surface area contributed by atoms with Crippen LogP contribution in [0.5, 0.6) is 0 Å². The van der Waals surface area contributed by atoms with Crippen molar-refractivity contribution >= 4 is 0 Å². The fraction of sp³-hybridized carbons (Fsp3) is 0.909. The summed E-state index contributed by atoms with van der Waals surface area (Å²) in [4.78, 5) is 1.73. The van der Waals surface area contributed by atoms with Gasteiger partial charge in [0.15, 0.2) is 5.82 Å². The number of nitrogens with zero attached hydrogens (tertiary/aromatic N) is 4. The summed E-state index contributed by atoms with van der Waals surface area (Å²) in [5.74, 6) is 1.48. The molecule has 1 heterocycles. The molecule has 15 heavy (non-hydrogen) atoms. The highest BCUT2D eigenvalue weighted by atomic mass is 15.6. The lowest BCUT2D eigenvalue weighted by molar-refractivity contribution is 0.477. The predicted molar refractivity (Wildman–Crippen MR) is 60.5 cm³/mol. The van der Waals surface area contributed by atoms with Crippen molar-refractivity contribution in [1.82, 2.24) is 20.2 Å². The molecular weight excluding hydrogens is 188 g/mol. The number of hydrogen-bond donors (Lipinski definition) is 0. The Morgan fingerprint density at radius 3 is 2.67 bits per heavy atom. The third-order valence-electron chi connectivity index (χ3n) is 2.30. The first-order valence-electron chi connectivity index (χ1n) is 5.99. The highest BCUT2D eigenvalue weighted by Crippen LogP contribution is 2.02. The Morgan fingerprint density at radius 2 is 2.00 bits per heavy atom. The summed E-state index contributed by atoms with van der Waals surface area (Å²) in [6.07, 6.45) is 5.91. The van der Waals surface area contributed by atoms with Gasteiger partial charge in [-0.2, -0.15) is 4.80 Å². The monoisotopic (exact) mass is 210 g/mol. The van der Waals surface area contributed by atoms with E-state index in [-0.39, 0.29) is 0 Å². The van der Waals surface area contributed by atoms with E-state index in [4.69, 9.17) is 0 Å². The van der Waals surface area contributed by atoms with Crippen molar-refractivity contribution in [3.05, 3.63) is 5.82 Å². The third-order valence-corrected chi connectivity index (χ3v) is 2.30. The molecule has 0 fully saturated rings. The van der Waals surface area contributed by atoms with Gasteiger partial charge >= 0.3 is 0 Å². The van der Waals surface area contributed by atoms with E-state index >= 15 is 0 Å². The number of rotatable bonds is 7. The molecule has 1 aromatic heterocycles. The molecule has 0 aliphatic rings. The van der Waals surface area contributed by atoms with Crippen molar-refractivity contribution in [3.8, 4) is 0 Å². The lowest BCUT2D eigenvalue weighted by Crippen LogP contribution is -2.03. The lowest BCUT2D eigenvalue weighted by atomic mass is 10.1. The molecule has 0 radical (unpaired) electrons. The molecule has 0 aromatic carbocycles. The lowest BCUT2D eigenvalue weighted by Gasteiger charge is -1.98. The smallest absolute Gasteiger partial charge is 0.164 e. The number of aromatic nitrogens is 4. The first-order chi connectivity index (χ1) is 7.22. The van der Waals surface area contributed by atoms with E-state index < -0.39 is 0 Å². The van der Waals surface area contributed by atoms with Crippen LogP contribution in [-0.2, 0) is 13.0 Å². The van der Waals surface area contributed by atoms with Crippen LogP contribution in [0.15, 0.2) is 0 Å². The third kappa shape index (κ3) is 4.91. The van der Waals surface area contributed by atoms with Crippen LogP contribution >= 0.6 is 0 Å². The van der Waals surface area contributed by atoms with E-state index in [2.05, 4.69) is 36.2 Å². The summed E-state index contributed by atoms with van der Waals surface area (Å²) >= 11 is 0. The minimum atomic E-state index is 0.600. The molecule has 0 spiro atoms. The number of tetrazole rings is 1. The van der Waals surface area contributed by atoms with Crippen molar-refractivity contribution < 1.29 is 0 Å². The SMILES string of the molecule is CCCCCCn1nnc(CC(C)C)n1. The van der Waals surface area contributed by atoms with Crippen molar-refractivity contribution in [2.24, 2.45) is 5.92 Å². The first kappa shape index (κ1) is 12.1. The summed E-state index contributed by atoms with van der Waals surface area (Å²) in [5.41, 5.74) is 0. The number of hydrogen-bond acceptors (Lipinski definition) is 3. The Bertz CT molecular complexity index is 267. The molecule has 0 aliphatic carbocycles. The maximum absolute atomic E-state index is 4.34. The van der Waals surface area contributed by atoms with Gasteiger partial charge in [0.05, 0.1) is 6.54 Å². The molecule has 0 saturated heterocycles. The summed E-state index contributed by atoms with van der Waals surface area (Å²) in [7, 11) is 0. The number of unbranched alkanes of at least 4 members (excludes halogenated alkanes) is 3. The standard InChI is InChI=1S/C11H22N4/c1-4-5-6-7-8-15-13-11(12-14-15)9-10(2)3/h10H,4-9H2,1-3H3. The average molecular weight is 210 g/mol.